The molecule has 0 aliphatic rings. The van der Waals surface area contributed by atoms with Gasteiger partial charge in [0.05, 0.1) is 0 Å². The number of aliphatic carboxylic acids is 1. The van der Waals surface area contributed by atoms with Crippen LogP contribution in [0.15, 0.2) is 12.2 Å². The highest BCUT2D eigenvalue weighted by Crippen LogP contribution is 2.10. The van der Waals surface area contributed by atoms with Gasteiger partial charge in [-0.05, 0) is 32.1 Å². The summed E-state index contributed by atoms with van der Waals surface area (Å²) in [4.78, 5) is 10.3. The molecule has 0 saturated carbocycles. The van der Waals surface area contributed by atoms with Crippen LogP contribution in [0.1, 0.15) is 103 Å². The van der Waals surface area contributed by atoms with Crippen molar-refractivity contribution in [1.82, 2.24) is 0 Å². The lowest BCUT2D eigenvalue weighted by molar-refractivity contribution is -0.137. The van der Waals surface area contributed by atoms with Gasteiger partial charge in [-0.3, -0.25) is 4.79 Å². The second kappa shape index (κ2) is 17.3. The Bertz CT molecular complexity index is 246. The molecule has 0 spiro atoms. The van der Waals surface area contributed by atoms with Gasteiger partial charge >= 0.3 is 5.97 Å². The molecule has 0 bridgehead atoms. The van der Waals surface area contributed by atoms with Crippen LogP contribution in [0.2, 0.25) is 0 Å². The Kier molecular flexibility index (Phi) is 16.6. The van der Waals surface area contributed by atoms with E-state index in [1.165, 1.54) is 77.0 Å². The Morgan fingerprint density at radius 3 is 1.62 bits per heavy atom. The minimum atomic E-state index is -0.662. The van der Waals surface area contributed by atoms with Gasteiger partial charge in [0, 0.05) is 6.42 Å². The summed E-state index contributed by atoms with van der Waals surface area (Å²) in [6, 6.07) is 0. The Morgan fingerprint density at radius 2 is 1.14 bits per heavy atom. The van der Waals surface area contributed by atoms with E-state index in [-0.39, 0.29) is 0 Å². The fourth-order valence-electron chi connectivity index (χ4n) is 2.52. The zero-order valence-corrected chi connectivity index (χ0v) is 14.1. The monoisotopic (exact) mass is 296 g/mol. The smallest absolute Gasteiger partial charge is 0.303 e. The second-order valence-corrected chi connectivity index (χ2v) is 6.08. The number of carboxylic acids is 1. The average Bonchev–Trinajstić information content (AvgIpc) is 2.46. The second-order valence-electron chi connectivity index (χ2n) is 6.08. The lowest BCUT2D eigenvalue weighted by atomic mass is 10.1. The molecular weight excluding hydrogens is 260 g/mol. The summed E-state index contributed by atoms with van der Waals surface area (Å²) in [5.41, 5.74) is 0. The van der Waals surface area contributed by atoms with Crippen molar-refractivity contribution < 1.29 is 9.90 Å². The molecule has 1 N–H and O–H groups in total. The van der Waals surface area contributed by atoms with Gasteiger partial charge in [0.1, 0.15) is 0 Å². The molecule has 0 aliphatic carbocycles. The number of carboxylic acid groups (broad SMARTS) is 1. The highest BCUT2D eigenvalue weighted by molar-refractivity contribution is 5.66. The van der Waals surface area contributed by atoms with Crippen molar-refractivity contribution in [3.63, 3.8) is 0 Å². The van der Waals surface area contributed by atoms with E-state index in [2.05, 4.69) is 19.1 Å². The molecule has 0 radical (unpaired) electrons. The van der Waals surface area contributed by atoms with Gasteiger partial charge < -0.3 is 5.11 Å². The van der Waals surface area contributed by atoms with Crippen LogP contribution in [0.4, 0.5) is 0 Å². The summed E-state index contributed by atoms with van der Waals surface area (Å²) in [5, 5.41) is 8.52. The number of carbonyl (C=O) groups is 1. The lowest BCUT2D eigenvalue weighted by Gasteiger charge is -1.99. The molecular formula is C19H36O2. The molecule has 124 valence electrons. The molecule has 0 saturated heterocycles. The third kappa shape index (κ3) is 19.2. The molecule has 0 unspecified atom stereocenters. The molecule has 2 heteroatoms. The van der Waals surface area contributed by atoms with Crippen LogP contribution in [-0.2, 0) is 4.79 Å². The minimum absolute atomic E-state index is 0.335. The average molecular weight is 296 g/mol. The molecule has 0 fully saturated rings. The normalized spacial score (nSPS) is 11.3. The van der Waals surface area contributed by atoms with E-state index in [0.717, 1.165) is 12.8 Å². The number of allylic oxidation sites excluding steroid dienone is 2. The number of hydrogen-bond donors (Lipinski definition) is 1. The third-order valence-electron chi connectivity index (χ3n) is 3.90. The van der Waals surface area contributed by atoms with Crippen LogP contribution in [0.25, 0.3) is 0 Å². The van der Waals surface area contributed by atoms with Gasteiger partial charge in [0.2, 0.25) is 0 Å². The third-order valence-corrected chi connectivity index (χ3v) is 3.90. The first-order chi connectivity index (χ1) is 10.3. The van der Waals surface area contributed by atoms with E-state index in [1.807, 2.05) is 0 Å². The predicted octanol–water partition coefficient (Wildman–Crippen LogP) is 6.50. The maximum Gasteiger partial charge on any atom is 0.303 e. The van der Waals surface area contributed by atoms with E-state index in [4.69, 9.17) is 5.11 Å². The quantitative estimate of drug-likeness (QED) is 0.261. The number of rotatable bonds is 16. The molecule has 0 aromatic carbocycles. The zero-order valence-electron chi connectivity index (χ0n) is 14.1. The molecule has 0 aromatic rings. The molecule has 0 aliphatic heterocycles. The fourth-order valence-corrected chi connectivity index (χ4v) is 2.52. The maximum atomic E-state index is 10.3. The summed E-state index contributed by atoms with van der Waals surface area (Å²) >= 11 is 0. The van der Waals surface area contributed by atoms with E-state index in [0.29, 0.717) is 6.42 Å². The largest absolute Gasteiger partial charge is 0.481 e. The van der Waals surface area contributed by atoms with E-state index < -0.39 is 5.97 Å². The molecule has 0 heterocycles. The van der Waals surface area contributed by atoms with Gasteiger partial charge in [-0.25, -0.2) is 0 Å². The molecule has 0 atom stereocenters. The SMILES string of the molecule is CCCCCCCCC=CCCCCCCCCC(=O)O. The van der Waals surface area contributed by atoms with Gasteiger partial charge in [0.15, 0.2) is 0 Å². The van der Waals surface area contributed by atoms with Crippen molar-refractivity contribution in [3.05, 3.63) is 12.2 Å². The molecule has 2 nitrogen and oxygen atoms in total. The van der Waals surface area contributed by atoms with Crippen LogP contribution in [0, 0.1) is 0 Å². The molecule has 21 heavy (non-hydrogen) atoms. The van der Waals surface area contributed by atoms with Crippen molar-refractivity contribution >= 4 is 5.97 Å². The number of unbranched alkanes of at least 4 members (excludes halogenated alkanes) is 12. The van der Waals surface area contributed by atoms with E-state index in [9.17, 15) is 4.79 Å². The lowest BCUT2D eigenvalue weighted by Crippen LogP contribution is -1.93. The molecule has 0 rings (SSSR count). The minimum Gasteiger partial charge on any atom is -0.481 e. The fraction of sp³-hybridized carbons (Fsp3) is 0.842. The Morgan fingerprint density at radius 1 is 0.714 bits per heavy atom. The first kappa shape index (κ1) is 20.2. The standard InChI is InChI=1S/C19H36O2/c1-2-3-4-5-6-7-8-9-10-11-12-13-14-15-16-17-18-19(20)21/h9-10H,2-8,11-18H2,1H3,(H,20,21). The van der Waals surface area contributed by atoms with Crippen molar-refractivity contribution in [1.29, 1.82) is 0 Å². The Hall–Kier alpha value is -0.790. The predicted molar refractivity (Wildman–Crippen MR) is 91.7 cm³/mol. The zero-order chi connectivity index (χ0) is 15.6. The van der Waals surface area contributed by atoms with Crippen LogP contribution >= 0.6 is 0 Å². The van der Waals surface area contributed by atoms with Gasteiger partial charge in [-0.2, -0.15) is 0 Å². The molecule has 0 amide bonds. The highest BCUT2D eigenvalue weighted by Gasteiger charge is 1.96. The summed E-state index contributed by atoms with van der Waals surface area (Å²) in [6.45, 7) is 2.26. The summed E-state index contributed by atoms with van der Waals surface area (Å²) in [6.07, 6.45) is 22.7. The molecule has 0 aromatic heterocycles. The highest BCUT2D eigenvalue weighted by atomic mass is 16.4. The summed E-state index contributed by atoms with van der Waals surface area (Å²) < 4.78 is 0. The van der Waals surface area contributed by atoms with E-state index >= 15 is 0 Å². The van der Waals surface area contributed by atoms with Crippen LogP contribution < -0.4 is 0 Å². The van der Waals surface area contributed by atoms with Crippen LogP contribution in [0.3, 0.4) is 0 Å². The van der Waals surface area contributed by atoms with Crippen LogP contribution in [0.5, 0.6) is 0 Å². The first-order valence-corrected chi connectivity index (χ1v) is 9.14. The van der Waals surface area contributed by atoms with Crippen molar-refractivity contribution in [2.24, 2.45) is 0 Å². The van der Waals surface area contributed by atoms with Gasteiger partial charge in [-0.15, -0.1) is 0 Å². The Balaban J connectivity index is 3.07. The topological polar surface area (TPSA) is 37.3 Å². The van der Waals surface area contributed by atoms with Crippen molar-refractivity contribution in [2.45, 2.75) is 103 Å². The van der Waals surface area contributed by atoms with E-state index in [1.54, 1.807) is 0 Å². The summed E-state index contributed by atoms with van der Waals surface area (Å²) in [7, 11) is 0. The summed E-state index contributed by atoms with van der Waals surface area (Å²) in [5.74, 6) is -0.662. The first-order valence-electron chi connectivity index (χ1n) is 9.14. The Labute approximate surface area is 132 Å². The number of hydrogen-bond acceptors (Lipinski definition) is 1. The maximum absolute atomic E-state index is 10.3. The van der Waals surface area contributed by atoms with Crippen molar-refractivity contribution in [3.8, 4) is 0 Å². The van der Waals surface area contributed by atoms with Gasteiger partial charge in [0.25, 0.3) is 0 Å². The van der Waals surface area contributed by atoms with Gasteiger partial charge in [-0.1, -0.05) is 76.9 Å². The van der Waals surface area contributed by atoms with Crippen LogP contribution in [-0.4, -0.2) is 11.1 Å². The van der Waals surface area contributed by atoms with Crippen molar-refractivity contribution in [2.75, 3.05) is 0 Å².